The van der Waals surface area contributed by atoms with Gasteiger partial charge in [0, 0.05) is 7.11 Å². The van der Waals surface area contributed by atoms with E-state index < -0.39 is 17.7 Å². The number of benzene rings is 2. The third-order valence-corrected chi connectivity index (χ3v) is 3.34. The third kappa shape index (κ3) is 2.31. The minimum Gasteiger partial charge on any atom is -0.547 e. The van der Waals surface area contributed by atoms with Gasteiger partial charge in [-0.15, -0.1) is 0 Å². The highest BCUT2D eigenvalue weighted by molar-refractivity contribution is 5.73. The van der Waals surface area contributed by atoms with Crippen LogP contribution in [0.5, 0.6) is 0 Å². The maximum Gasteiger partial charge on any atom is 0.149 e. The molecule has 1 atom stereocenters. The van der Waals surface area contributed by atoms with Crippen molar-refractivity contribution < 1.29 is 19.7 Å². The second-order valence-corrected chi connectivity index (χ2v) is 4.39. The number of methoxy groups -OCH3 is 1. The molecule has 0 aliphatic rings. The van der Waals surface area contributed by atoms with Crippen molar-refractivity contribution in [2.45, 2.75) is 11.7 Å². The SMILES string of the molecule is COC(c1ccccc1)(c1ccccc1)C(O)C(=O)[O-]. The van der Waals surface area contributed by atoms with E-state index in [1.165, 1.54) is 7.11 Å². The van der Waals surface area contributed by atoms with Crippen molar-refractivity contribution >= 4 is 5.97 Å². The molecule has 0 heterocycles. The number of aliphatic carboxylic acids is 1. The van der Waals surface area contributed by atoms with Gasteiger partial charge in [-0.3, -0.25) is 0 Å². The molecule has 0 saturated carbocycles. The van der Waals surface area contributed by atoms with Crippen LogP contribution in [0.3, 0.4) is 0 Å². The molecule has 0 aromatic heterocycles. The van der Waals surface area contributed by atoms with Crippen LogP contribution >= 0.6 is 0 Å². The summed E-state index contributed by atoms with van der Waals surface area (Å²) in [7, 11) is 1.37. The van der Waals surface area contributed by atoms with Gasteiger partial charge in [-0.25, -0.2) is 0 Å². The molecule has 104 valence electrons. The van der Waals surface area contributed by atoms with Gasteiger partial charge in [0.25, 0.3) is 0 Å². The van der Waals surface area contributed by atoms with Crippen molar-refractivity contribution in [3.8, 4) is 0 Å². The van der Waals surface area contributed by atoms with E-state index in [1.54, 1.807) is 60.7 Å². The summed E-state index contributed by atoms with van der Waals surface area (Å²) >= 11 is 0. The molecular formula is C16H15O4-. The van der Waals surface area contributed by atoms with Crippen LogP contribution in [0.4, 0.5) is 0 Å². The highest BCUT2D eigenvalue weighted by atomic mass is 16.5. The Kier molecular flexibility index (Phi) is 4.17. The number of ether oxygens (including phenoxy) is 1. The van der Waals surface area contributed by atoms with Crippen molar-refractivity contribution in [3.05, 3.63) is 71.8 Å². The number of carbonyl (C=O) groups excluding carboxylic acids is 1. The molecule has 1 N–H and O–H groups in total. The zero-order valence-corrected chi connectivity index (χ0v) is 11.0. The van der Waals surface area contributed by atoms with E-state index in [9.17, 15) is 15.0 Å². The lowest BCUT2D eigenvalue weighted by Gasteiger charge is -2.38. The quantitative estimate of drug-likeness (QED) is 0.868. The van der Waals surface area contributed by atoms with E-state index in [4.69, 9.17) is 4.74 Å². The van der Waals surface area contributed by atoms with Gasteiger partial charge in [-0.1, -0.05) is 60.7 Å². The van der Waals surface area contributed by atoms with Gasteiger partial charge < -0.3 is 19.7 Å². The largest absolute Gasteiger partial charge is 0.547 e. The Hall–Kier alpha value is -2.17. The van der Waals surface area contributed by atoms with Crippen molar-refractivity contribution in [2.24, 2.45) is 0 Å². The number of hydrogen-bond acceptors (Lipinski definition) is 4. The van der Waals surface area contributed by atoms with E-state index in [-0.39, 0.29) is 0 Å². The predicted octanol–water partition coefficient (Wildman–Crippen LogP) is 0.687. The fraction of sp³-hybridized carbons (Fsp3) is 0.188. The van der Waals surface area contributed by atoms with Crippen LogP contribution in [-0.2, 0) is 15.1 Å². The second kappa shape index (κ2) is 5.86. The number of carbonyl (C=O) groups is 1. The summed E-state index contributed by atoms with van der Waals surface area (Å²) in [5, 5.41) is 21.4. The van der Waals surface area contributed by atoms with Gasteiger partial charge in [0.2, 0.25) is 0 Å². The second-order valence-electron chi connectivity index (χ2n) is 4.39. The van der Waals surface area contributed by atoms with E-state index >= 15 is 0 Å². The molecule has 0 bridgehead atoms. The summed E-state index contributed by atoms with van der Waals surface area (Å²) in [6.07, 6.45) is -1.82. The van der Waals surface area contributed by atoms with Gasteiger partial charge in [-0.2, -0.15) is 0 Å². The molecule has 0 fully saturated rings. The fourth-order valence-corrected chi connectivity index (χ4v) is 2.37. The van der Waals surface area contributed by atoms with Gasteiger partial charge in [-0.05, 0) is 11.1 Å². The Morgan fingerprint density at radius 2 is 1.45 bits per heavy atom. The topological polar surface area (TPSA) is 69.6 Å². The number of hydrogen-bond donors (Lipinski definition) is 1. The normalized spacial score (nSPS) is 12.9. The molecule has 0 aliphatic carbocycles. The van der Waals surface area contributed by atoms with Crippen molar-refractivity contribution in [3.63, 3.8) is 0 Å². The Bertz CT molecular complexity index is 526. The van der Waals surface area contributed by atoms with Crippen LogP contribution in [0.25, 0.3) is 0 Å². The molecule has 0 spiro atoms. The van der Waals surface area contributed by atoms with Crippen LogP contribution in [-0.4, -0.2) is 24.3 Å². The van der Waals surface area contributed by atoms with Gasteiger partial charge in [0.15, 0.2) is 0 Å². The number of aliphatic hydroxyl groups excluding tert-OH is 1. The van der Waals surface area contributed by atoms with Crippen LogP contribution in [0.1, 0.15) is 11.1 Å². The number of carboxylic acid groups (broad SMARTS) is 1. The van der Waals surface area contributed by atoms with Gasteiger partial charge in [0.1, 0.15) is 11.7 Å². The van der Waals surface area contributed by atoms with Crippen molar-refractivity contribution in [1.29, 1.82) is 0 Å². The molecule has 20 heavy (non-hydrogen) atoms. The molecule has 1 unspecified atom stereocenters. The summed E-state index contributed by atoms with van der Waals surface area (Å²) in [5.41, 5.74) is -0.405. The first-order valence-electron chi connectivity index (χ1n) is 6.18. The van der Waals surface area contributed by atoms with Crippen LogP contribution in [0.15, 0.2) is 60.7 Å². The molecule has 0 aliphatic heterocycles. The van der Waals surface area contributed by atoms with Crippen LogP contribution in [0.2, 0.25) is 0 Å². The molecule has 4 nitrogen and oxygen atoms in total. The summed E-state index contributed by atoms with van der Waals surface area (Å²) < 4.78 is 5.46. The zero-order valence-electron chi connectivity index (χ0n) is 11.0. The summed E-state index contributed by atoms with van der Waals surface area (Å²) in [5.74, 6) is -1.58. The van der Waals surface area contributed by atoms with E-state index in [0.717, 1.165) is 0 Å². The zero-order chi connectivity index (χ0) is 14.6. The first kappa shape index (κ1) is 14.2. The number of carboxylic acids is 1. The fourth-order valence-electron chi connectivity index (χ4n) is 2.37. The lowest BCUT2D eigenvalue weighted by atomic mass is 9.81. The van der Waals surface area contributed by atoms with Gasteiger partial charge in [0.05, 0.1) is 5.97 Å². The monoisotopic (exact) mass is 271 g/mol. The molecule has 0 saturated heterocycles. The first-order chi connectivity index (χ1) is 9.63. The molecule has 2 rings (SSSR count). The number of rotatable bonds is 5. The van der Waals surface area contributed by atoms with E-state index in [0.29, 0.717) is 11.1 Å². The molecular weight excluding hydrogens is 256 g/mol. The van der Waals surface area contributed by atoms with Crippen LogP contribution < -0.4 is 5.11 Å². The van der Waals surface area contributed by atoms with Crippen LogP contribution in [0, 0.1) is 0 Å². The predicted molar refractivity (Wildman–Crippen MR) is 71.7 cm³/mol. The van der Waals surface area contributed by atoms with E-state index in [1.807, 2.05) is 0 Å². The maximum absolute atomic E-state index is 11.2. The summed E-state index contributed by atoms with van der Waals surface area (Å²) in [4.78, 5) is 11.2. The first-order valence-corrected chi connectivity index (χ1v) is 6.18. The summed E-state index contributed by atoms with van der Waals surface area (Å²) in [6.45, 7) is 0. The Morgan fingerprint density at radius 1 is 1.05 bits per heavy atom. The lowest BCUT2D eigenvalue weighted by Crippen LogP contribution is -2.52. The lowest BCUT2D eigenvalue weighted by molar-refractivity contribution is -0.322. The highest BCUT2D eigenvalue weighted by Gasteiger charge is 2.42. The van der Waals surface area contributed by atoms with Gasteiger partial charge >= 0.3 is 0 Å². The Balaban J connectivity index is 2.68. The molecule has 0 radical (unpaired) electrons. The Labute approximate surface area is 117 Å². The highest BCUT2D eigenvalue weighted by Crippen LogP contribution is 2.36. The van der Waals surface area contributed by atoms with Crippen molar-refractivity contribution in [2.75, 3.05) is 7.11 Å². The van der Waals surface area contributed by atoms with E-state index in [2.05, 4.69) is 0 Å². The maximum atomic E-state index is 11.2. The molecule has 2 aromatic rings. The minimum atomic E-state index is -1.82. The third-order valence-electron chi connectivity index (χ3n) is 3.34. The average molecular weight is 271 g/mol. The minimum absolute atomic E-state index is 0.547. The Morgan fingerprint density at radius 3 is 1.75 bits per heavy atom. The molecule has 4 heteroatoms. The molecule has 0 amide bonds. The van der Waals surface area contributed by atoms with Crippen molar-refractivity contribution in [1.82, 2.24) is 0 Å². The smallest absolute Gasteiger partial charge is 0.149 e. The summed E-state index contributed by atoms with van der Waals surface area (Å²) in [6, 6.07) is 17.5. The average Bonchev–Trinajstić information content (AvgIpc) is 2.50. The molecule has 2 aromatic carbocycles. The number of aliphatic hydroxyl groups is 1. The standard InChI is InChI=1S/C16H16O4/c1-20-16(14(17)15(18)19,12-8-4-2-5-9-12)13-10-6-3-7-11-13/h2-11,14,17H,1H3,(H,18,19)/p-1.